The number of fused-ring (bicyclic) bond motifs is 1. The first-order valence-electron chi connectivity index (χ1n) is 9.15. The highest BCUT2D eigenvalue weighted by Gasteiger charge is 2.21. The van der Waals surface area contributed by atoms with E-state index < -0.39 is 0 Å². The van der Waals surface area contributed by atoms with Gasteiger partial charge in [-0.1, -0.05) is 23.9 Å². The third-order valence-electron chi connectivity index (χ3n) is 4.60. The second kappa shape index (κ2) is 7.92. The zero-order chi connectivity index (χ0) is 20.5. The van der Waals surface area contributed by atoms with Crippen molar-refractivity contribution in [2.75, 3.05) is 5.73 Å². The van der Waals surface area contributed by atoms with Crippen LogP contribution in [0, 0.1) is 5.82 Å². The number of anilines is 1. The first-order valence-corrected chi connectivity index (χ1v) is 11.0. The fraction of sp³-hybridized carbons (Fsp3) is 0.0952. The van der Waals surface area contributed by atoms with Crippen molar-refractivity contribution in [2.45, 2.75) is 17.5 Å². The quantitative estimate of drug-likeness (QED) is 0.367. The molecule has 4 heterocycles. The summed E-state index contributed by atoms with van der Waals surface area (Å²) in [5.41, 5.74) is 8.07. The lowest BCUT2D eigenvalue weighted by Crippen LogP contribution is -2.03. The number of hydrogen-bond donors (Lipinski definition) is 1. The van der Waals surface area contributed by atoms with E-state index in [1.54, 1.807) is 24.6 Å². The topological polar surface area (TPSA) is 82.8 Å². The number of hydrogen-bond acceptors (Lipinski definition) is 7. The van der Waals surface area contributed by atoms with Crippen molar-refractivity contribution in [3.63, 3.8) is 0 Å². The summed E-state index contributed by atoms with van der Waals surface area (Å²) >= 11 is 3.02. The predicted octanol–water partition coefficient (Wildman–Crippen LogP) is 5.21. The molecule has 2 N–H and O–H groups in total. The number of nitrogens with zero attached hydrogens (tertiary/aromatic N) is 4. The van der Waals surface area contributed by atoms with E-state index in [9.17, 15) is 4.39 Å². The van der Waals surface area contributed by atoms with Gasteiger partial charge in [0.15, 0.2) is 11.0 Å². The first-order chi connectivity index (χ1) is 14.7. The normalized spacial score (nSPS) is 11.4. The maximum Gasteiger partial charge on any atom is 0.192 e. The Labute approximate surface area is 179 Å². The zero-order valence-electron chi connectivity index (χ0n) is 15.7. The lowest BCUT2D eigenvalue weighted by molar-refractivity contribution is 0.485. The number of nitrogen functional groups attached to an aromatic ring is 1. The van der Waals surface area contributed by atoms with Crippen molar-refractivity contribution in [3.05, 3.63) is 78.1 Å². The molecule has 0 fully saturated rings. The van der Waals surface area contributed by atoms with Crippen molar-refractivity contribution in [3.8, 4) is 10.7 Å². The van der Waals surface area contributed by atoms with Gasteiger partial charge < -0.3 is 10.2 Å². The van der Waals surface area contributed by atoms with Crippen LogP contribution < -0.4 is 5.73 Å². The van der Waals surface area contributed by atoms with Crippen molar-refractivity contribution in [1.82, 2.24) is 19.7 Å². The zero-order valence-corrected chi connectivity index (χ0v) is 17.3. The molecule has 5 aromatic rings. The van der Waals surface area contributed by atoms with Gasteiger partial charge in [0.2, 0.25) is 0 Å². The van der Waals surface area contributed by atoms with Crippen LogP contribution in [0.5, 0.6) is 0 Å². The lowest BCUT2D eigenvalue weighted by Gasteiger charge is -2.08. The Kier molecular flexibility index (Phi) is 4.97. The highest BCUT2D eigenvalue weighted by molar-refractivity contribution is 7.98. The fourth-order valence-electron chi connectivity index (χ4n) is 3.11. The average Bonchev–Trinajstić information content (AvgIpc) is 3.49. The summed E-state index contributed by atoms with van der Waals surface area (Å²) in [5, 5.41) is 10.5. The first kappa shape index (κ1) is 18.8. The molecule has 0 saturated carbocycles. The molecule has 9 heteroatoms. The van der Waals surface area contributed by atoms with Gasteiger partial charge >= 0.3 is 0 Å². The molecule has 0 atom stereocenters. The molecule has 0 aliphatic heterocycles. The minimum absolute atomic E-state index is 0.249. The van der Waals surface area contributed by atoms with Crippen molar-refractivity contribution >= 4 is 39.0 Å². The molecule has 30 heavy (non-hydrogen) atoms. The molecule has 1 aromatic carbocycles. The van der Waals surface area contributed by atoms with Crippen LogP contribution in [-0.4, -0.2) is 19.7 Å². The highest BCUT2D eigenvalue weighted by atomic mass is 32.2. The molecule has 0 spiro atoms. The van der Waals surface area contributed by atoms with E-state index in [-0.39, 0.29) is 5.82 Å². The molecule has 0 radical (unpaired) electrons. The number of nitrogens with two attached hydrogens (primary N) is 1. The Bertz CT molecular complexity index is 1300. The highest BCUT2D eigenvalue weighted by Crippen LogP contribution is 2.40. The summed E-state index contributed by atoms with van der Waals surface area (Å²) in [4.78, 5) is 6.10. The van der Waals surface area contributed by atoms with Gasteiger partial charge in [0.05, 0.1) is 23.4 Å². The van der Waals surface area contributed by atoms with Gasteiger partial charge in [-0.2, -0.15) is 0 Å². The number of halogens is 1. The molecular formula is C21H16FN5OS2. The molecule has 0 unspecified atom stereocenters. The van der Waals surface area contributed by atoms with Crippen LogP contribution in [0.15, 0.2) is 70.6 Å². The van der Waals surface area contributed by atoms with Gasteiger partial charge in [0.25, 0.3) is 0 Å². The Morgan fingerprint density at radius 2 is 1.97 bits per heavy atom. The third kappa shape index (κ3) is 3.57. The van der Waals surface area contributed by atoms with E-state index in [0.717, 1.165) is 31.6 Å². The molecule has 6 nitrogen and oxygen atoms in total. The van der Waals surface area contributed by atoms with Crippen LogP contribution >= 0.6 is 23.1 Å². The van der Waals surface area contributed by atoms with Gasteiger partial charge in [0, 0.05) is 17.3 Å². The summed E-state index contributed by atoms with van der Waals surface area (Å²) in [5.74, 6) is 1.85. The third-order valence-corrected chi connectivity index (χ3v) is 6.76. The molecule has 4 aromatic heterocycles. The number of furan rings is 1. The number of thiophene rings is 1. The number of benzene rings is 1. The van der Waals surface area contributed by atoms with Crippen molar-refractivity contribution in [1.29, 1.82) is 0 Å². The van der Waals surface area contributed by atoms with Gasteiger partial charge in [-0.3, -0.25) is 4.57 Å². The number of pyridine rings is 1. The second-order valence-electron chi connectivity index (χ2n) is 6.59. The van der Waals surface area contributed by atoms with Crippen LogP contribution in [0.1, 0.15) is 11.3 Å². The Hall–Kier alpha value is -3.17. The van der Waals surface area contributed by atoms with E-state index in [1.165, 1.54) is 35.2 Å². The number of aromatic nitrogens is 4. The molecule has 0 aliphatic carbocycles. The standard InChI is InChI=1S/C21H16FN5OS2/c22-14-7-5-13(6-8-14)12-29-21-26-25-19(27(21)11-15-3-2-10-28-15)18-17(23)16-4-1-9-24-20(16)30-18/h1-10H,11-12,23H2. The van der Waals surface area contributed by atoms with E-state index in [2.05, 4.69) is 15.2 Å². The Morgan fingerprint density at radius 1 is 1.10 bits per heavy atom. The average molecular weight is 438 g/mol. The summed E-state index contributed by atoms with van der Waals surface area (Å²) in [6, 6.07) is 14.0. The molecule has 0 amide bonds. The molecule has 0 bridgehead atoms. The molecular weight excluding hydrogens is 421 g/mol. The number of thioether (sulfide) groups is 1. The predicted molar refractivity (Wildman–Crippen MR) is 117 cm³/mol. The number of rotatable bonds is 6. The maximum absolute atomic E-state index is 13.2. The monoisotopic (exact) mass is 437 g/mol. The molecule has 150 valence electrons. The summed E-state index contributed by atoms with van der Waals surface area (Å²) in [6.45, 7) is 0.474. The maximum atomic E-state index is 13.2. The minimum Gasteiger partial charge on any atom is -0.467 e. The van der Waals surface area contributed by atoms with Gasteiger partial charge in [0.1, 0.15) is 16.4 Å². The summed E-state index contributed by atoms with van der Waals surface area (Å²) in [6.07, 6.45) is 3.39. The van der Waals surface area contributed by atoms with Crippen LogP contribution in [0.2, 0.25) is 0 Å². The van der Waals surface area contributed by atoms with E-state index >= 15 is 0 Å². The second-order valence-corrected chi connectivity index (χ2v) is 8.53. The van der Waals surface area contributed by atoms with Crippen LogP contribution in [0.3, 0.4) is 0 Å². The molecule has 5 rings (SSSR count). The Morgan fingerprint density at radius 3 is 2.73 bits per heavy atom. The molecule has 0 saturated heterocycles. The van der Waals surface area contributed by atoms with Crippen LogP contribution in [-0.2, 0) is 12.3 Å². The fourth-order valence-corrected chi connectivity index (χ4v) is 5.06. The minimum atomic E-state index is -0.249. The summed E-state index contributed by atoms with van der Waals surface area (Å²) < 4.78 is 20.7. The smallest absolute Gasteiger partial charge is 0.192 e. The Balaban J connectivity index is 1.53. The van der Waals surface area contributed by atoms with Crippen LogP contribution in [0.25, 0.3) is 20.9 Å². The van der Waals surface area contributed by atoms with Gasteiger partial charge in [-0.05, 0) is 42.0 Å². The van der Waals surface area contributed by atoms with Gasteiger partial charge in [-0.25, -0.2) is 9.37 Å². The van der Waals surface area contributed by atoms with Crippen molar-refractivity contribution < 1.29 is 8.81 Å². The lowest BCUT2D eigenvalue weighted by atomic mass is 10.2. The van der Waals surface area contributed by atoms with Gasteiger partial charge in [-0.15, -0.1) is 21.5 Å². The molecule has 0 aliphatic rings. The van der Waals surface area contributed by atoms with E-state index in [4.69, 9.17) is 10.2 Å². The SMILES string of the molecule is Nc1c(-c2nnc(SCc3ccc(F)cc3)n2Cc2ccco2)sc2ncccc12. The van der Waals surface area contributed by atoms with Crippen molar-refractivity contribution in [2.24, 2.45) is 0 Å². The summed E-state index contributed by atoms with van der Waals surface area (Å²) in [7, 11) is 0. The van der Waals surface area contributed by atoms with Crippen LogP contribution in [0.4, 0.5) is 10.1 Å². The van der Waals surface area contributed by atoms with E-state index in [1.807, 2.05) is 28.8 Å². The largest absolute Gasteiger partial charge is 0.467 e. The van der Waals surface area contributed by atoms with E-state index in [0.29, 0.717) is 23.8 Å².